The van der Waals surface area contributed by atoms with Crippen molar-refractivity contribution in [2.75, 3.05) is 26.2 Å². The number of amides is 1. The van der Waals surface area contributed by atoms with Crippen molar-refractivity contribution in [2.24, 2.45) is 0 Å². The lowest BCUT2D eigenvalue weighted by Gasteiger charge is -2.34. The molecule has 0 spiro atoms. The number of rotatable bonds is 3. The zero-order chi connectivity index (χ0) is 16.4. The number of hydrogen-bond acceptors (Lipinski definition) is 3. The molecule has 0 saturated carbocycles. The predicted octanol–water partition coefficient (Wildman–Crippen LogP) is 2.37. The quantitative estimate of drug-likeness (QED) is 0.943. The lowest BCUT2D eigenvalue weighted by atomic mass is 9.91. The summed E-state index contributed by atoms with van der Waals surface area (Å²) in [4.78, 5) is 24.9. The highest BCUT2D eigenvalue weighted by atomic mass is 16.2. The summed E-state index contributed by atoms with van der Waals surface area (Å²) in [6.45, 7) is 4.01. The van der Waals surface area contributed by atoms with Crippen LogP contribution in [0.15, 0.2) is 36.7 Å². The minimum atomic E-state index is 0.159. The molecule has 2 aliphatic heterocycles. The van der Waals surface area contributed by atoms with Crippen LogP contribution in [0.25, 0.3) is 0 Å². The number of H-pyrrole nitrogens is 1. The molecule has 126 valence electrons. The summed E-state index contributed by atoms with van der Waals surface area (Å²) in [6.07, 6.45) is 5.47. The fraction of sp³-hybridized carbons (Fsp3) is 0.474. The fourth-order valence-electron chi connectivity index (χ4n) is 3.87. The highest BCUT2D eigenvalue weighted by Gasteiger charge is 2.31. The standard InChI is InChI=1S/C19H24N4O/c24-18(13-22-9-5-2-6-10-22)23-11-16(15-7-3-1-4-8-15)19-17(12-23)20-14-21-19/h1,3-4,7-8,14,16H,2,5-6,9-13H2,(H,20,21). The van der Waals surface area contributed by atoms with Crippen LogP contribution < -0.4 is 0 Å². The fourth-order valence-corrected chi connectivity index (χ4v) is 3.87. The Kier molecular flexibility index (Phi) is 4.34. The van der Waals surface area contributed by atoms with Gasteiger partial charge in [0.1, 0.15) is 0 Å². The lowest BCUT2D eigenvalue weighted by molar-refractivity contribution is -0.133. The molecule has 5 nitrogen and oxygen atoms in total. The SMILES string of the molecule is O=C(CN1CCCCC1)N1Cc2[nH]cnc2C(c2ccccc2)C1. The highest BCUT2D eigenvalue weighted by molar-refractivity contribution is 5.78. The number of fused-ring (bicyclic) bond motifs is 1. The van der Waals surface area contributed by atoms with Crippen molar-refractivity contribution in [3.8, 4) is 0 Å². The molecule has 1 amide bonds. The molecular weight excluding hydrogens is 300 g/mol. The number of aromatic nitrogens is 2. The largest absolute Gasteiger partial charge is 0.347 e. The third-order valence-electron chi connectivity index (χ3n) is 5.20. The molecule has 5 heteroatoms. The number of piperidine rings is 1. The molecule has 1 atom stereocenters. The Hall–Kier alpha value is -2.14. The van der Waals surface area contributed by atoms with E-state index in [9.17, 15) is 4.79 Å². The summed E-state index contributed by atoms with van der Waals surface area (Å²) >= 11 is 0. The average molecular weight is 324 g/mol. The van der Waals surface area contributed by atoms with Crippen molar-refractivity contribution in [2.45, 2.75) is 31.7 Å². The third kappa shape index (κ3) is 3.08. The maximum Gasteiger partial charge on any atom is 0.237 e. The summed E-state index contributed by atoms with van der Waals surface area (Å²) in [7, 11) is 0. The van der Waals surface area contributed by atoms with E-state index in [2.05, 4.69) is 39.1 Å². The van der Waals surface area contributed by atoms with Gasteiger partial charge in [0.15, 0.2) is 0 Å². The topological polar surface area (TPSA) is 52.2 Å². The number of benzene rings is 1. The van der Waals surface area contributed by atoms with E-state index >= 15 is 0 Å². The van der Waals surface area contributed by atoms with E-state index in [1.54, 1.807) is 6.33 Å². The molecule has 0 aliphatic carbocycles. The first-order valence-electron chi connectivity index (χ1n) is 8.88. The van der Waals surface area contributed by atoms with E-state index in [1.165, 1.54) is 24.8 Å². The summed E-state index contributed by atoms with van der Waals surface area (Å²) in [5.41, 5.74) is 3.38. The second kappa shape index (κ2) is 6.77. The number of nitrogens with one attached hydrogen (secondary N) is 1. The molecule has 3 heterocycles. The molecular formula is C19H24N4O. The van der Waals surface area contributed by atoms with Crippen molar-refractivity contribution in [1.82, 2.24) is 19.8 Å². The van der Waals surface area contributed by atoms with Crippen LogP contribution >= 0.6 is 0 Å². The van der Waals surface area contributed by atoms with Gasteiger partial charge in [0.05, 0.1) is 30.8 Å². The molecule has 1 fully saturated rings. The number of carbonyl (C=O) groups excluding carboxylic acids is 1. The molecule has 1 aromatic heterocycles. The number of likely N-dealkylation sites (tertiary alicyclic amines) is 1. The third-order valence-corrected chi connectivity index (χ3v) is 5.20. The zero-order valence-electron chi connectivity index (χ0n) is 13.9. The van der Waals surface area contributed by atoms with E-state index < -0.39 is 0 Å². The second-order valence-electron chi connectivity index (χ2n) is 6.84. The lowest BCUT2D eigenvalue weighted by Crippen LogP contribution is -2.45. The van der Waals surface area contributed by atoms with Gasteiger partial charge in [-0.25, -0.2) is 4.98 Å². The van der Waals surface area contributed by atoms with Gasteiger partial charge in [0, 0.05) is 12.5 Å². The van der Waals surface area contributed by atoms with Crippen molar-refractivity contribution < 1.29 is 4.79 Å². The van der Waals surface area contributed by atoms with Crippen LogP contribution in [-0.4, -0.2) is 51.9 Å². The molecule has 1 saturated heterocycles. The Bertz CT molecular complexity index is 690. The Morgan fingerprint density at radius 3 is 2.75 bits per heavy atom. The van der Waals surface area contributed by atoms with Crippen LogP contribution in [0.2, 0.25) is 0 Å². The Balaban J connectivity index is 1.52. The van der Waals surface area contributed by atoms with E-state index in [0.29, 0.717) is 19.6 Å². The van der Waals surface area contributed by atoms with E-state index in [0.717, 1.165) is 24.5 Å². The summed E-state index contributed by atoms with van der Waals surface area (Å²) in [6, 6.07) is 10.4. The van der Waals surface area contributed by atoms with E-state index in [-0.39, 0.29) is 11.8 Å². The van der Waals surface area contributed by atoms with Gasteiger partial charge >= 0.3 is 0 Å². The minimum absolute atomic E-state index is 0.159. The Morgan fingerprint density at radius 2 is 1.96 bits per heavy atom. The molecule has 1 unspecified atom stereocenters. The summed E-state index contributed by atoms with van der Waals surface area (Å²) < 4.78 is 0. The van der Waals surface area contributed by atoms with Crippen LogP contribution in [0.1, 0.15) is 42.1 Å². The van der Waals surface area contributed by atoms with Gasteiger partial charge in [-0.15, -0.1) is 0 Å². The average Bonchev–Trinajstić information content (AvgIpc) is 3.11. The molecule has 1 aromatic carbocycles. The van der Waals surface area contributed by atoms with Crippen molar-refractivity contribution in [1.29, 1.82) is 0 Å². The molecule has 4 rings (SSSR count). The van der Waals surface area contributed by atoms with Crippen molar-refractivity contribution in [3.05, 3.63) is 53.6 Å². The van der Waals surface area contributed by atoms with Crippen LogP contribution in [0.3, 0.4) is 0 Å². The first-order chi connectivity index (χ1) is 11.8. The molecule has 2 aliphatic rings. The van der Waals surface area contributed by atoms with Gasteiger partial charge in [-0.1, -0.05) is 36.8 Å². The number of nitrogens with zero attached hydrogens (tertiary/aromatic N) is 3. The van der Waals surface area contributed by atoms with Gasteiger partial charge in [0.25, 0.3) is 0 Å². The van der Waals surface area contributed by atoms with Crippen molar-refractivity contribution >= 4 is 5.91 Å². The predicted molar refractivity (Wildman–Crippen MR) is 92.6 cm³/mol. The minimum Gasteiger partial charge on any atom is -0.347 e. The van der Waals surface area contributed by atoms with Gasteiger partial charge < -0.3 is 9.88 Å². The zero-order valence-corrected chi connectivity index (χ0v) is 13.9. The summed E-state index contributed by atoms with van der Waals surface area (Å²) in [5.74, 6) is 0.393. The van der Waals surface area contributed by atoms with Gasteiger partial charge in [-0.3, -0.25) is 9.69 Å². The smallest absolute Gasteiger partial charge is 0.237 e. The van der Waals surface area contributed by atoms with Crippen molar-refractivity contribution in [3.63, 3.8) is 0 Å². The Labute approximate surface area is 142 Å². The monoisotopic (exact) mass is 324 g/mol. The second-order valence-corrected chi connectivity index (χ2v) is 6.84. The van der Waals surface area contributed by atoms with Gasteiger partial charge in [0.2, 0.25) is 5.91 Å². The van der Waals surface area contributed by atoms with E-state index in [4.69, 9.17) is 0 Å². The van der Waals surface area contributed by atoms with E-state index in [1.807, 2.05) is 11.0 Å². The number of hydrogen-bond donors (Lipinski definition) is 1. The van der Waals surface area contributed by atoms with Gasteiger partial charge in [-0.2, -0.15) is 0 Å². The normalized spacial score (nSPS) is 21.5. The Morgan fingerprint density at radius 1 is 1.17 bits per heavy atom. The molecule has 2 aromatic rings. The molecule has 0 bridgehead atoms. The van der Waals surface area contributed by atoms with Crippen LogP contribution in [0, 0.1) is 0 Å². The maximum absolute atomic E-state index is 12.8. The van der Waals surface area contributed by atoms with Crippen LogP contribution in [0.4, 0.5) is 0 Å². The van der Waals surface area contributed by atoms with Gasteiger partial charge in [-0.05, 0) is 31.5 Å². The highest BCUT2D eigenvalue weighted by Crippen LogP contribution is 2.31. The molecule has 24 heavy (non-hydrogen) atoms. The summed E-state index contributed by atoms with van der Waals surface area (Å²) in [5, 5.41) is 0. The first kappa shape index (κ1) is 15.4. The number of imidazole rings is 1. The van der Waals surface area contributed by atoms with Crippen LogP contribution in [-0.2, 0) is 11.3 Å². The number of aromatic amines is 1. The number of carbonyl (C=O) groups is 1. The maximum atomic E-state index is 12.8. The molecule has 1 N–H and O–H groups in total. The van der Waals surface area contributed by atoms with Crippen LogP contribution in [0.5, 0.6) is 0 Å². The first-order valence-corrected chi connectivity index (χ1v) is 8.88. The molecule has 0 radical (unpaired) electrons.